The van der Waals surface area contributed by atoms with E-state index in [1.54, 1.807) is 11.8 Å². The Morgan fingerprint density at radius 3 is 2.50 bits per heavy atom. The molecule has 0 amide bonds. The molecule has 96 valence electrons. The molecule has 3 heteroatoms. The number of anilines is 1. The van der Waals surface area contributed by atoms with E-state index in [0.29, 0.717) is 12.0 Å². The van der Waals surface area contributed by atoms with E-state index in [-0.39, 0.29) is 0 Å². The van der Waals surface area contributed by atoms with Crippen LogP contribution in [0.5, 0.6) is 0 Å². The molecule has 1 nitrogen and oxygen atoms in total. The summed E-state index contributed by atoms with van der Waals surface area (Å²) in [5.41, 5.74) is 1.23. The molecule has 2 aromatic rings. The second kappa shape index (κ2) is 6.30. The number of hydrogen-bond donors (Lipinski definition) is 1. The Morgan fingerprint density at radius 2 is 1.89 bits per heavy atom. The zero-order chi connectivity index (χ0) is 13.0. The van der Waals surface area contributed by atoms with Crippen molar-refractivity contribution in [3.8, 4) is 0 Å². The first kappa shape index (κ1) is 13.5. The molecule has 0 aliphatic rings. The predicted octanol–water partition coefficient (Wildman–Crippen LogP) is 5.28. The van der Waals surface area contributed by atoms with Crippen LogP contribution in [-0.4, -0.2) is 6.26 Å². The van der Waals surface area contributed by atoms with Gasteiger partial charge >= 0.3 is 0 Å². The number of hydrogen-bond acceptors (Lipinski definition) is 3. The molecule has 0 saturated carbocycles. The van der Waals surface area contributed by atoms with Gasteiger partial charge in [-0.25, -0.2) is 0 Å². The number of rotatable bonds is 5. The summed E-state index contributed by atoms with van der Waals surface area (Å²) in [7, 11) is 0. The van der Waals surface area contributed by atoms with E-state index in [1.807, 2.05) is 11.3 Å². The fourth-order valence-corrected chi connectivity index (χ4v) is 3.48. The van der Waals surface area contributed by atoms with Gasteiger partial charge in [0.05, 0.1) is 6.04 Å². The molecular formula is C15H19NS2. The second-order valence-corrected chi connectivity index (χ2v) is 6.41. The molecule has 0 radical (unpaired) electrons. The van der Waals surface area contributed by atoms with Crippen molar-refractivity contribution in [1.82, 2.24) is 0 Å². The number of benzene rings is 1. The van der Waals surface area contributed by atoms with Crippen LogP contribution in [0.2, 0.25) is 0 Å². The predicted molar refractivity (Wildman–Crippen MR) is 83.7 cm³/mol. The third kappa shape index (κ3) is 3.09. The first-order valence-corrected chi connectivity index (χ1v) is 8.25. The van der Waals surface area contributed by atoms with Crippen molar-refractivity contribution in [2.45, 2.75) is 24.8 Å². The van der Waals surface area contributed by atoms with Gasteiger partial charge in [0, 0.05) is 15.5 Å². The van der Waals surface area contributed by atoms with E-state index in [4.69, 9.17) is 0 Å². The van der Waals surface area contributed by atoms with Crippen LogP contribution in [-0.2, 0) is 0 Å². The lowest BCUT2D eigenvalue weighted by atomic mass is 10.0. The molecule has 2 rings (SSSR count). The van der Waals surface area contributed by atoms with Crippen LogP contribution in [0.25, 0.3) is 0 Å². The molecule has 18 heavy (non-hydrogen) atoms. The molecule has 0 aliphatic heterocycles. The summed E-state index contributed by atoms with van der Waals surface area (Å²) >= 11 is 3.61. The molecular weight excluding hydrogens is 258 g/mol. The van der Waals surface area contributed by atoms with Gasteiger partial charge in [-0.1, -0.05) is 32.0 Å². The molecule has 0 aliphatic carbocycles. The first-order chi connectivity index (χ1) is 8.72. The normalized spacial score (nSPS) is 12.7. The van der Waals surface area contributed by atoms with E-state index in [0.717, 1.165) is 0 Å². The van der Waals surface area contributed by atoms with Gasteiger partial charge in [0.25, 0.3) is 0 Å². The Labute approximate surface area is 118 Å². The minimum absolute atomic E-state index is 0.387. The average molecular weight is 277 g/mol. The van der Waals surface area contributed by atoms with Crippen molar-refractivity contribution in [2.75, 3.05) is 11.6 Å². The lowest BCUT2D eigenvalue weighted by molar-refractivity contribution is 0.553. The fourth-order valence-electron chi connectivity index (χ4n) is 1.97. The summed E-state index contributed by atoms with van der Waals surface area (Å²) < 4.78 is 0. The van der Waals surface area contributed by atoms with Gasteiger partial charge in [-0.2, -0.15) is 0 Å². The Balaban J connectivity index is 2.24. The van der Waals surface area contributed by atoms with Crippen molar-refractivity contribution < 1.29 is 0 Å². The minimum Gasteiger partial charge on any atom is -0.376 e. The highest BCUT2D eigenvalue weighted by atomic mass is 32.2. The van der Waals surface area contributed by atoms with Crippen LogP contribution < -0.4 is 5.32 Å². The van der Waals surface area contributed by atoms with Crippen molar-refractivity contribution in [1.29, 1.82) is 0 Å². The quantitative estimate of drug-likeness (QED) is 0.746. The van der Waals surface area contributed by atoms with Gasteiger partial charge in [-0.3, -0.25) is 0 Å². The minimum atomic E-state index is 0.387. The smallest absolute Gasteiger partial charge is 0.0629 e. The molecule has 0 bridgehead atoms. The Bertz CT molecular complexity index is 477. The van der Waals surface area contributed by atoms with Crippen LogP contribution in [0, 0.1) is 5.92 Å². The van der Waals surface area contributed by atoms with Crippen LogP contribution in [0.1, 0.15) is 24.8 Å². The third-order valence-electron chi connectivity index (χ3n) is 2.93. The summed E-state index contributed by atoms with van der Waals surface area (Å²) in [5, 5.41) is 5.84. The monoisotopic (exact) mass is 277 g/mol. The van der Waals surface area contributed by atoms with Gasteiger partial charge < -0.3 is 5.32 Å². The summed E-state index contributed by atoms with van der Waals surface area (Å²) in [5.74, 6) is 0.568. The third-order valence-corrected chi connectivity index (χ3v) is 4.69. The SMILES string of the molecule is CSc1ccccc1NC(c1cccs1)C(C)C. The number of para-hydroxylation sites is 1. The van der Waals surface area contributed by atoms with Crippen molar-refractivity contribution in [2.24, 2.45) is 5.92 Å². The van der Waals surface area contributed by atoms with Gasteiger partial charge in [0.1, 0.15) is 0 Å². The highest BCUT2D eigenvalue weighted by Crippen LogP contribution is 2.33. The summed E-state index contributed by atoms with van der Waals surface area (Å²) in [4.78, 5) is 2.71. The van der Waals surface area contributed by atoms with Gasteiger partial charge in [0.2, 0.25) is 0 Å². The van der Waals surface area contributed by atoms with E-state index in [2.05, 4.69) is 67.2 Å². The van der Waals surface area contributed by atoms with Gasteiger partial charge in [0.15, 0.2) is 0 Å². The molecule has 1 aromatic heterocycles. The van der Waals surface area contributed by atoms with Crippen molar-refractivity contribution in [3.63, 3.8) is 0 Å². The van der Waals surface area contributed by atoms with E-state index in [9.17, 15) is 0 Å². The summed E-state index contributed by atoms with van der Waals surface area (Å²) in [6.07, 6.45) is 2.12. The van der Waals surface area contributed by atoms with Crippen LogP contribution in [0.15, 0.2) is 46.7 Å². The van der Waals surface area contributed by atoms with Crippen molar-refractivity contribution in [3.05, 3.63) is 46.7 Å². The maximum Gasteiger partial charge on any atom is 0.0629 e. The highest BCUT2D eigenvalue weighted by molar-refractivity contribution is 7.98. The molecule has 0 spiro atoms. The maximum atomic E-state index is 3.69. The summed E-state index contributed by atoms with van der Waals surface area (Å²) in [6.45, 7) is 4.53. The zero-order valence-corrected chi connectivity index (χ0v) is 12.6. The lowest BCUT2D eigenvalue weighted by Gasteiger charge is -2.23. The molecule has 1 N–H and O–H groups in total. The highest BCUT2D eigenvalue weighted by Gasteiger charge is 2.17. The molecule has 0 saturated heterocycles. The van der Waals surface area contributed by atoms with E-state index >= 15 is 0 Å². The first-order valence-electron chi connectivity index (χ1n) is 6.15. The molecule has 1 atom stereocenters. The topological polar surface area (TPSA) is 12.0 Å². The Morgan fingerprint density at radius 1 is 1.11 bits per heavy atom. The fraction of sp³-hybridized carbons (Fsp3) is 0.333. The van der Waals surface area contributed by atoms with Crippen LogP contribution >= 0.6 is 23.1 Å². The van der Waals surface area contributed by atoms with E-state index < -0.39 is 0 Å². The average Bonchev–Trinajstić information content (AvgIpc) is 2.89. The van der Waals surface area contributed by atoms with E-state index in [1.165, 1.54) is 15.5 Å². The van der Waals surface area contributed by atoms with Crippen molar-refractivity contribution >= 4 is 28.8 Å². The second-order valence-electron chi connectivity index (χ2n) is 4.58. The standard InChI is InChI=1S/C15H19NS2/c1-11(2)15(14-9-6-10-18-14)16-12-7-4-5-8-13(12)17-3/h4-11,15-16H,1-3H3. The lowest BCUT2D eigenvalue weighted by Crippen LogP contribution is -2.15. The number of nitrogens with one attached hydrogen (secondary N) is 1. The maximum absolute atomic E-state index is 3.69. The van der Waals surface area contributed by atoms with Crippen LogP contribution in [0.4, 0.5) is 5.69 Å². The van der Waals surface area contributed by atoms with Gasteiger partial charge in [-0.15, -0.1) is 23.1 Å². The molecule has 1 aromatic carbocycles. The largest absolute Gasteiger partial charge is 0.376 e. The molecule has 1 heterocycles. The molecule has 0 fully saturated rings. The summed E-state index contributed by atoms with van der Waals surface area (Å²) in [6, 6.07) is 13.2. The number of thioether (sulfide) groups is 1. The Kier molecular flexibility index (Phi) is 4.72. The van der Waals surface area contributed by atoms with Gasteiger partial charge in [-0.05, 0) is 35.8 Å². The zero-order valence-electron chi connectivity index (χ0n) is 11.0. The number of thiophene rings is 1. The molecule has 1 unspecified atom stereocenters. The van der Waals surface area contributed by atoms with Crippen LogP contribution in [0.3, 0.4) is 0 Å². The Hall–Kier alpha value is -0.930.